The van der Waals surface area contributed by atoms with Gasteiger partial charge in [0.1, 0.15) is 0 Å². The Bertz CT molecular complexity index is 444. The lowest BCUT2D eigenvalue weighted by atomic mass is 10.1. The third-order valence-electron chi connectivity index (χ3n) is 1.96. The van der Waals surface area contributed by atoms with Crippen molar-refractivity contribution in [3.63, 3.8) is 0 Å². The highest BCUT2D eigenvalue weighted by atomic mass is 19.4. The van der Waals surface area contributed by atoms with E-state index >= 15 is 0 Å². The van der Waals surface area contributed by atoms with Crippen molar-refractivity contribution < 1.29 is 18.1 Å². The van der Waals surface area contributed by atoms with E-state index in [1.165, 1.54) is 6.08 Å². The van der Waals surface area contributed by atoms with Crippen molar-refractivity contribution in [2.75, 3.05) is 11.9 Å². The molecular formula is C10H9F3N2O2. The molecule has 0 fully saturated rings. The van der Waals surface area contributed by atoms with Crippen LogP contribution in [-0.2, 0) is 6.18 Å². The van der Waals surface area contributed by atoms with Crippen molar-refractivity contribution in [1.29, 1.82) is 0 Å². The van der Waals surface area contributed by atoms with Crippen LogP contribution in [-0.4, -0.2) is 11.5 Å². The van der Waals surface area contributed by atoms with Crippen LogP contribution in [0.5, 0.6) is 0 Å². The SMILES string of the molecule is C=CCNc1ccc([N+](=O)[O-])cc1C(F)(F)F. The molecule has 0 spiro atoms. The van der Waals surface area contributed by atoms with Crippen molar-refractivity contribution in [3.05, 3.63) is 46.5 Å². The molecule has 0 aromatic heterocycles. The Hall–Kier alpha value is -2.05. The number of hydrogen-bond donors (Lipinski definition) is 1. The van der Waals surface area contributed by atoms with E-state index < -0.39 is 22.4 Å². The van der Waals surface area contributed by atoms with Crippen molar-refractivity contribution >= 4 is 11.4 Å². The molecule has 0 aliphatic heterocycles. The summed E-state index contributed by atoms with van der Waals surface area (Å²) in [5, 5.41) is 12.9. The molecule has 1 aromatic carbocycles. The third kappa shape index (κ3) is 3.20. The van der Waals surface area contributed by atoms with Crippen LogP contribution in [0.1, 0.15) is 5.56 Å². The Balaban J connectivity index is 3.21. The quantitative estimate of drug-likeness (QED) is 0.504. The summed E-state index contributed by atoms with van der Waals surface area (Å²) in [6.07, 6.45) is -3.25. The summed E-state index contributed by atoms with van der Waals surface area (Å²) in [5.74, 6) is 0. The predicted molar refractivity (Wildman–Crippen MR) is 56.8 cm³/mol. The van der Waals surface area contributed by atoms with Crippen LogP contribution >= 0.6 is 0 Å². The van der Waals surface area contributed by atoms with Crippen molar-refractivity contribution in [1.82, 2.24) is 0 Å². The van der Waals surface area contributed by atoms with Gasteiger partial charge in [-0.05, 0) is 6.07 Å². The molecule has 1 rings (SSSR count). The van der Waals surface area contributed by atoms with Gasteiger partial charge in [0.2, 0.25) is 0 Å². The number of nitrogens with zero attached hydrogens (tertiary/aromatic N) is 1. The topological polar surface area (TPSA) is 55.2 Å². The molecule has 0 bridgehead atoms. The van der Waals surface area contributed by atoms with E-state index in [2.05, 4.69) is 11.9 Å². The highest BCUT2D eigenvalue weighted by Crippen LogP contribution is 2.36. The molecule has 1 aromatic rings. The first-order valence-corrected chi connectivity index (χ1v) is 4.56. The van der Waals surface area contributed by atoms with E-state index in [0.717, 1.165) is 12.1 Å². The fourth-order valence-electron chi connectivity index (χ4n) is 1.22. The Morgan fingerprint density at radius 3 is 2.59 bits per heavy atom. The van der Waals surface area contributed by atoms with Crippen LogP contribution in [0.3, 0.4) is 0 Å². The minimum Gasteiger partial charge on any atom is -0.381 e. The normalized spacial score (nSPS) is 11.0. The van der Waals surface area contributed by atoms with Crippen LogP contribution < -0.4 is 5.32 Å². The van der Waals surface area contributed by atoms with Gasteiger partial charge in [-0.25, -0.2) is 0 Å². The molecule has 17 heavy (non-hydrogen) atoms. The summed E-state index contributed by atoms with van der Waals surface area (Å²) in [5.41, 5.74) is -1.86. The van der Waals surface area contributed by atoms with Crippen LogP contribution in [0.4, 0.5) is 24.5 Å². The van der Waals surface area contributed by atoms with Crippen LogP contribution in [0.25, 0.3) is 0 Å². The molecule has 4 nitrogen and oxygen atoms in total. The maximum atomic E-state index is 12.6. The molecule has 0 saturated carbocycles. The van der Waals surface area contributed by atoms with Crippen molar-refractivity contribution in [2.24, 2.45) is 0 Å². The number of rotatable bonds is 4. The Morgan fingerprint density at radius 2 is 2.12 bits per heavy atom. The van der Waals surface area contributed by atoms with E-state index in [1.54, 1.807) is 0 Å². The number of nitrogens with one attached hydrogen (secondary N) is 1. The number of anilines is 1. The van der Waals surface area contributed by atoms with Gasteiger partial charge in [-0.1, -0.05) is 6.08 Å². The summed E-state index contributed by atoms with van der Waals surface area (Å²) in [7, 11) is 0. The minimum atomic E-state index is -4.64. The zero-order valence-corrected chi connectivity index (χ0v) is 8.62. The van der Waals surface area contributed by atoms with E-state index in [0.29, 0.717) is 6.07 Å². The van der Waals surface area contributed by atoms with Crippen LogP contribution in [0.2, 0.25) is 0 Å². The standard InChI is InChI=1S/C10H9F3N2O2/c1-2-5-14-9-4-3-7(15(16)17)6-8(9)10(11,12)13/h2-4,6,14H,1,5H2. The average molecular weight is 246 g/mol. The second kappa shape index (κ2) is 4.86. The molecule has 0 aliphatic rings. The number of nitro benzene ring substituents is 1. The zero-order valence-electron chi connectivity index (χ0n) is 8.62. The lowest BCUT2D eigenvalue weighted by Gasteiger charge is -2.13. The van der Waals surface area contributed by atoms with Crippen molar-refractivity contribution in [2.45, 2.75) is 6.18 Å². The summed E-state index contributed by atoms with van der Waals surface area (Å²) in [4.78, 5) is 9.54. The number of nitro groups is 1. The maximum absolute atomic E-state index is 12.6. The predicted octanol–water partition coefficient (Wildman–Crippen LogP) is 3.21. The summed E-state index contributed by atoms with van der Waals surface area (Å²) < 4.78 is 37.9. The molecule has 1 N–H and O–H groups in total. The average Bonchev–Trinajstić information content (AvgIpc) is 2.24. The first-order valence-electron chi connectivity index (χ1n) is 4.56. The molecule has 0 heterocycles. The highest BCUT2D eigenvalue weighted by Gasteiger charge is 2.35. The smallest absolute Gasteiger partial charge is 0.381 e. The second-order valence-corrected chi connectivity index (χ2v) is 3.15. The maximum Gasteiger partial charge on any atom is 0.418 e. The van der Waals surface area contributed by atoms with E-state index in [-0.39, 0.29) is 12.2 Å². The summed E-state index contributed by atoms with van der Waals surface area (Å²) >= 11 is 0. The van der Waals surface area contributed by atoms with E-state index in [9.17, 15) is 23.3 Å². The van der Waals surface area contributed by atoms with Crippen LogP contribution in [0.15, 0.2) is 30.9 Å². The Morgan fingerprint density at radius 1 is 1.47 bits per heavy atom. The lowest BCUT2D eigenvalue weighted by Crippen LogP contribution is -2.11. The first kappa shape index (κ1) is 13.0. The fraction of sp³-hybridized carbons (Fsp3) is 0.200. The summed E-state index contributed by atoms with van der Waals surface area (Å²) in [6.45, 7) is 3.50. The van der Waals surface area contributed by atoms with Gasteiger partial charge in [0, 0.05) is 24.4 Å². The van der Waals surface area contributed by atoms with Gasteiger partial charge in [0.25, 0.3) is 5.69 Å². The van der Waals surface area contributed by atoms with Gasteiger partial charge in [-0.15, -0.1) is 6.58 Å². The molecule has 0 unspecified atom stereocenters. The molecule has 92 valence electrons. The molecule has 0 atom stereocenters. The van der Waals surface area contributed by atoms with Gasteiger partial charge in [0.15, 0.2) is 0 Å². The van der Waals surface area contributed by atoms with Crippen LogP contribution in [0, 0.1) is 10.1 Å². The highest BCUT2D eigenvalue weighted by molar-refractivity contribution is 5.57. The second-order valence-electron chi connectivity index (χ2n) is 3.15. The number of non-ortho nitro benzene ring substituents is 1. The fourth-order valence-corrected chi connectivity index (χ4v) is 1.22. The van der Waals surface area contributed by atoms with E-state index in [1.807, 2.05) is 0 Å². The third-order valence-corrected chi connectivity index (χ3v) is 1.96. The van der Waals surface area contributed by atoms with Gasteiger partial charge < -0.3 is 5.32 Å². The number of benzene rings is 1. The van der Waals surface area contributed by atoms with Gasteiger partial charge in [-0.3, -0.25) is 10.1 Å². The number of alkyl halides is 3. The molecular weight excluding hydrogens is 237 g/mol. The number of halogens is 3. The van der Waals surface area contributed by atoms with Gasteiger partial charge in [-0.2, -0.15) is 13.2 Å². The number of hydrogen-bond acceptors (Lipinski definition) is 3. The lowest BCUT2D eigenvalue weighted by molar-refractivity contribution is -0.385. The van der Waals surface area contributed by atoms with Crippen molar-refractivity contribution in [3.8, 4) is 0 Å². The molecule has 0 radical (unpaired) electrons. The molecule has 7 heteroatoms. The Labute approximate surface area is 94.9 Å². The molecule has 0 saturated heterocycles. The van der Waals surface area contributed by atoms with Gasteiger partial charge in [0.05, 0.1) is 10.5 Å². The first-order chi connectivity index (χ1) is 7.86. The molecule has 0 amide bonds. The minimum absolute atomic E-state index is 0.140. The zero-order chi connectivity index (χ0) is 13.1. The Kier molecular flexibility index (Phi) is 3.72. The molecule has 0 aliphatic carbocycles. The van der Waals surface area contributed by atoms with E-state index in [4.69, 9.17) is 0 Å². The summed E-state index contributed by atoms with van der Waals surface area (Å²) in [6, 6.07) is 2.55. The monoisotopic (exact) mass is 246 g/mol. The largest absolute Gasteiger partial charge is 0.418 e. The van der Waals surface area contributed by atoms with Gasteiger partial charge >= 0.3 is 6.18 Å².